The van der Waals surface area contributed by atoms with Gasteiger partial charge in [0, 0.05) is 6.42 Å². The van der Waals surface area contributed by atoms with E-state index in [1.165, 1.54) is 0 Å². The predicted molar refractivity (Wildman–Crippen MR) is 109 cm³/mol. The molecule has 1 aliphatic rings. The molecule has 2 atom stereocenters. The third kappa shape index (κ3) is 4.41. The molecule has 1 aliphatic heterocycles. The number of amides is 1. The molecule has 0 aromatic heterocycles. The Morgan fingerprint density at radius 1 is 1.10 bits per heavy atom. The number of benzene rings is 1. The van der Waals surface area contributed by atoms with E-state index in [0.717, 1.165) is 26.0 Å². The molecule has 0 spiro atoms. The third-order valence-electron chi connectivity index (χ3n) is 5.13. The normalized spacial score (nSPS) is 21.4. The molecule has 1 saturated heterocycles. The fraction of sp³-hybridized carbons (Fsp3) is 0.545. The van der Waals surface area contributed by atoms with Crippen LogP contribution in [0.4, 0.5) is 0 Å². The standard InChI is InChI=1S/C22H29NO8/c1-20(2,3)31-17(25)15(12-14-10-8-7-9-11-14)23-16(24)13-21(4,28)22(23,18(26)29-5)19(27)30-6/h7-11,15,28H,12-13H2,1-6H3/t15-,21?/m1/s1. The zero-order valence-electron chi connectivity index (χ0n) is 18.6. The first kappa shape index (κ1) is 24.3. The molecule has 31 heavy (non-hydrogen) atoms. The molecule has 1 heterocycles. The minimum atomic E-state index is -2.58. The summed E-state index contributed by atoms with van der Waals surface area (Å²) in [7, 11) is 2.04. The largest absolute Gasteiger partial charge is 0.467 e. The lowest BCUT2D eigenvalue weighted by Gasteiger charge is -2.42. The Balaban J connectivity index is 2.72. The number of hydrogen-bond acceptors (Lipinski definition) is 8. The minimum Gasteiger partial charge on any atom is -0.467 e. The second kappa shape index (κ2) is 8.66. The summed E-state index contributed by atoms with van der Waals surface area (Å²) in [5.41, 5.74) is -5.02. The molecule has 1 aromatic carbocycles. The van der Waals surface area contributed by atoms with Gasteiger partial charge < -0.3 is 24.2 Å². The SMILES string of the molecule is COC(=O)C1(C(=O)OC)N([C@H](Cc2ccccc2)C(=O)OC(C)(C)C)C(=O)CC1(C)O. The summed E-state index contributed by atoms with van der Waals surface area (Å²) >= 11 is 0. The fourth-order valence-electron chi connectivity index (χ4n) is 3.86. The first-order valence-corrected chi connectivity index (χ1v) is 9.80. The average molecular weight is 435 g/mol. The van der Waals surface area contributed by atoms with Crippen LogP contribution in [0.3, 0.4) is 0 Å². The van der Waals surface area contributed by atoms with Crippen molar-refractivity contribution in [1.29, 1.82) is 0 Å². The van der Waals surface area contributed by atoms with E-state index in [0.29, 0.717) is 5.56 Å². The second-order valence-electron chi connectivity index (χ2n) is 8.65. The van der Waals surface area contributed by atoms with Gasteiger partial charge in [-0.3, -0.25) is 4.79 Å². The van der Waals surface area contributed by atoms with Crippen LogP contribution in [0.5, 0.6) is 0 Å². The maximum Gasteiger partial charge on any atom is 0.346 e. The minimum absolute atomic E-state index is 0.0622. The van der Waals surface area contributed by atoms with E-state index in [4.69, 9.17) is 14.2 Å². The van der Waals surface area contributed by atoms with Crippen LogP contribution in [0.15, 0.2) is 30.3 Å². The van der Waals surface area contributed by atoms with Gasteiger partial charge in [0.25, 0.3) is 5.54 Å². The maximum atomic E-state index is 13.2. The van der Waals surface area contributed by atoms with Gasteiger partial charge in [-0.1, -0.05) is 30.3 Å². The Labute approximate surface area is 181 Å². The number of hydrogen-bond donors (Lipinski definition) is 1. The van der Waals surface area contributed by atoms with Crippen LogP contribution in [-0.4, -0.2) is 70.8 Å². The zero-order valence-corrected chi connectivity index (χ0v) is 18.6. The average Bonchev–Trinajstić information content (AvgIpc) is 2.89. The molecule has 9 nitrogen and oxygen atoms in total. The van der Waals surface area contributed by atoms with Crippen molar-refractivity contribution in [3.63, 3.8) is 0 Å². The summed E-state index contributed by atoms with van der Waals surface area (Å²) in [6.45, 7) is 6.12. The fourth-order valence-corrected chi connectivity index (χ4v) is 3.86. The molecule has 9 heteroatoms. The first-order chi connectivity index (χ1) is 14.3. The van der Waals surface area contributed by atoms with Crippen molar-refractivity contribution in [1.82, 2.24) is 4.90 Å². The highest BCUT2D eigenvalue weighted by Crippen LogP contribution is 2.43. The smallest absolute Gasteiger partial charge is 0.346 e. The summed E-state index contributed by atoms with van der Waals surface area (Å²) in [6.07, 6.45) is -0.654. The third-order valence-corrected chi connectivity index (χ3v) is 5.13. The van der Waals surface area contributed by atoms with Crippen molar-refractivity contribution in [2.24, 2.45) is 0 Å². The molecule has 2 rings (SSSR count). The van der Waals surface area contributed by atoms with E-state index in [1.807, 2.05) is 0 Å². The number of rotatable bonds is 6. The van der Waals surface area contributed by atoms with Crippen molar-refractivity contribution >= 4 is 23.8 Å². The van der Waals surface area contributed by atoms with Crippen molar-refractivity contribution in [2.45, 2.75) is 63.3 Å². The lowest BCUT2D eigenvalue weighted by atomic mass is 9.80. The number of methoxy groups -OCH3 is 2. The van der Waals surface area contributed by atoms with Gasteiger partial charge in [-0.05, 0) is 33.3 Å². The summed E-state index contributed by atoms with van der Waals surface area (Å²) in [6, 6.07) is 7.34. The highest BCUT2D eigenvalue weighted by Gasteiger charge is 2.73. The number of likely N-dealkylation sites (tertiary alicyclic amines) is 1. The molecule has 1 amide bonds. The zero-order chi connectivity index (χ0) is 23.6. The van der Waals surface area contributed by atoms with Crippen LogP contribution in [-0.2, 0) is 39.8 Å². The van der Waals surface area contributed by atoms with Crippen LogP contribution in [0.1, 0.15) is 39.7 Å². The van der Waals surface area contributed by atoms with E-state index in [-0.39, 0.29) is 6.42 Å². The van der Waals surface area contributed by atoms with Gasteiger partial charge in [-0.2, -0.15) is 0 Å². The van der Waals surface area contributed by atoms with E-state index in [1.54, 1.807) is 51.1 Å². The second-order valence-corrected chi connectivity index (χ2v) is 8.65. The van der Waals surface area contributed by atoms with Gasteiger partial charge in [0.1, 0.15) is 17.2 Å². The number of ether oxygens (including phenoxy) is 3. The molecule has 1 unspecified atom stereocenters. The molecule has 0 radical (unpaired) electrons. The van der Waals surface area contributed by atoms with Crippen LogP contribution in [0.2, 0.25) is 0 Å². The van der Waals surface area contributed by atoms with Gasteiger partial charge in [0.15, 0.2) is 0 Å². The molecule has 170 valence electrons. The molecular formula is C22H29NO8. The lowest BCUT2D eigenvalue weighted by molar-refractivity contribution is -0.191. The maximum absolute atomic E-state index is 13.2. The van der Waals surface area contributed by atoms with Crippen LogP contribution < -0.4 is 0 Å². The molecule has 0 aliphatic carbocycles. The Morgan fingerprint density at radius 2 is 1.61 bits per heavy atom. The molecule has 0 saturated carbocycles. The number of aliphatic hydroxyl groups is 1. The van der Waals surface area contributed by atoms with E-state index in [9.17, 15) is 24.3 Å². The van der Waals surface area contributed by atoms with Crippen molar-refractivity contribution in [3.05, 3.63) is 35.9 Å². The van der Waals surface area contributed by atoms with Gasteiger partial charge in [-0.15, -0.1) is 0 Å². The van der Waals surface area contributed by atoms with Gasteiger partial charge in [0.05, 0.1) is 20.6 Å². The lowest BCUT2D eigenvalue weighted by Crippen LogP contribution is -2.71. The number of nitrogens with zero attached hydrogens (tertiary/aromatic N) is 1. The highest BCUT2D eigenvalue weighted by atomic mass is 16.6. The molecule has 1 aromatic rings. The Bertz CT molecular complexity index is 840. The summed E-state index contributed by atoms with van der Waals surface area (Å²) in [4.78, 5) is 53.0. The topological polar surface area (TPSA) is 119 Å². The molecule has 1 fully saturated rings. The van der Waals surface area contributed by atoms with Gasteiger partial charge >= 0.3 is 17.9 Å². The quantitative estimate of drug-likeness (QED) is 0.399. The van der Waals surface area contributed by atoms with Crippen LogP contribution >= 0.6 is 0 Å². The summed E-state index contributed by atoms with van der Waals surface area (Å²) < 4.78 is 15.1. The van der Waals surface area contributed by atoms with Gasteiger partial charge in [0.2, 0.25) is 5.91 Å². The Hall–Kier alpha value is -2.94. The molecule has 0 bridgehead atoms. The van der Waals surface area contributed by atoms with Crippen molar-refractivity contribution in [2.75, 3.05) is 14.2 Å². The predicted octanol–water partition coefficient (Wildman–Crippen LogP) is 1.01. The van der Waals surface area contributed by atoms with E-state index in [2.05, 4.69) is 0 Å². The summed E-state index contributed by atoms with van der Waals surface area (Å²) in [5.74, 6) is -4.04. The molecule has 1 N–H and O–H groups in total. The highest BCUT2D eigenvalue weighted by molar-refractivity contribution is 6.13. The monoisotopic (exact) mass is 435 g/mol. The number of carbonyl (C=O) groups excluding carboxylic acids is 4. The van der Waals surface area contributed by atoms with Crippen molar-refractivity contribution < 1.29 is 38.5 Å². The van der Waals surface area contributed by atoms with Crippen molar-refractivity contribution in [3.8, 4) is 0 Å². The number of carbonyl (C=O) groups is 4. The Morgan fingerprint density at radius 3 is 2.06 bits per heavy atom. The van der Waals surface area contributed by atoms with E-state index >= 15 is 0 Å². The number of esters is 3. The van der Waals surface area contributed by atoms with E-state index < -0.39 is 53.0 Å². The van der Waals surface area contributed by atoms with Gasteiger partial charge in [-0.25, -0.2) is 14.4 Å². The molecular weight excluding hydrogens is 406 g/mol. The Kier molecular flexibility index (Phi) is 6.80. The van der Waals surface area contributed by atoms with Crippen LogP contribution in [0.25, 0.3) is 0 Å². The first-order valence-electron chi connectivity index (χ1n) is 9.80. The van der Waals surface area contributed by atoms with Crippen LogP contribution in [0, 0.1) is 0 Å². The summed E-state index contributed by atoms with van der Waals surface area (Å²) in [5, 5.41) is 11.1.